The van der Waals surface area contributed by atoms with Gasteiger partial charge in [-0.25, -0.2) is 0 Å². The highest BCUT2D eigenvalue weighted by molar-refractivity contribution is 5.79. The molecule has 1 heterocycles. The maximum Gasteiger partial charge on any atom is 0.416 e. The number of pyridine rings is 1. The molecule has 0 atom stereocenters. The van der Waals surface area contributed by atoms with Gasteiger partial charge in [0, 0.05) is 24.4 Å². The lowest BCUT2D eigenvalue weighted by molar-refractivity contribution is -0.138. The monoisotopic (exact) mass is 349 g/mol. The van der Waals surface area contributed by atoms with E-state index in [2.05, 4.69) is 4.98 Å². The number of aromatic nitrogens is 1. The van der Waals surface area contributed by atoms with Crippen molar-refractivity contribution in [1.82, 2.24) is 4.98 Å². The molecule has 0 aliphatic rings. The average molecular weight is 349 g/mol. The van der Waals surface area contributed by atoms with Gasteiger partial charge < -0.3 is 5.11 Å². The highest BCUT2D eigenvalue weighted by atomic mass is 19.4. The van der Waals surface area contributed by atoms with Crippen LogP contribution in [0.5, 0.6) is 0 Å². The van der Waals surface area contributed by atoms with E-state index in [4.69, 9.17) is 5.11 Å². The molecule has 0 unspecified atom stereocenters. The van der Waals surface area contributed by atoms with Crippen molar-refractivity contribution in [3.05, 3.63) is 71.6 Å². The van der Waals surface area contributed by atoms with Gasteiger partial charge in [-0.05, 0) is 48.6 Å². The molecule has 0 amide bonds. The number of benzene rings is 1. The van der Waals surface area contributed by atoms with Gasteiger partial charge in [-0.15, -0.1) is 0 Å². The van der Waals surface area contributed by atoms with Crippen LogP contribution in [-0.4, -0.2) is 16.1 Å². The fourth-order valence-electron chi connectivity index (χ4n) is 2.45. The molecule has 2 aromatic rings. The lowest BCUT2D eigenvalue weighted by atomic mass is 9.96. The van der Waals surface area contributed by atoms with Gasteiger partial charge in [0.1, 0.15) is 0 Å². The summed E-state index contributed by atoms with van der Waals surface area (Å²) in [7, 11) is 0. The molecule has 0 saturated heterocycles. The van der Waals surface area contributed by atoms with Crippen molar-refractivity contribution in [3.63, 3.8) is 0 Å². The van der Waals surface area contributed by atoms with Crippen LogP contribution in [0.4, 0.5) is 13.2 Å². The summed E-state index contributed by atoms with van der Waals surface area (Å²) < 4.78 is 38.9. The van der Waals surface area contributed by atoms with E-state index < -0.39 is 17.7 Å². The van der Waals surface area contributed by atoms with Crippen molar-refractivity contribution in [3.8, 4) is 0 Å². The van der Waals surface area contributed by atoms with E-state index in [1.165, 1.54) is 6.07 Å². The van der Waals surface area contributed by atoms with Crippen molar-refractivity contribution < 1.29 is 23.1 Å². The zero-order valence-electron chi connectivity index (χ0n) is 13.5. The van der Waals surface area contributed by atoms with E-state index in [1.54, 1.807) is 30.6 Å². The topological polar surface area (TPSA) is 50.2 Å². The van der Waals surface area contributed by atoms with Gasteiger partial charge in [0.05, 0.1) is 5.56 Å². The van der Waals surface area contributed by atoms with Crippen molar-refractivity contribution in [2.75, 3.05) is 0 Å². The number of carbonyl (C=O) groups is 1. The second-order valence-electron chi connectivity index (χ2n) is 5.58. The first-order valence-corrected chi connectivity index (χ1v) is 7.88. The van der Waals surface area contributed by atoms with Crippen LogP contribution in [0.2, 0.25) is 0 Å². The van der Waals surface area contributed by atoms with Crippen LogP contribution in [-0.2, 0) is 11.0 Å². The molecule has 0 aliphatic carbocycles. The summed E-state index contributed by atoms with van der Waals surface area (Å²) in [6.45, 7) is 0. The van der Waals surface area contributed by atoms with Gasteiger partial charge in [0.25, 0.3) is 0 Å². The second kappa shape index (κ2) is 8.46. The molecule has 0 spiro atoms. The number of hydrogen-bond donors (Lipinski definition) is 1. The normalized spacial score (nSPS) is 12.2. The fraction of sp³-hybridized carbons (Fsp3) is 0.263. The molecule has 3 nitrogen and oxygen atoms in total. The second-order valence-corrected chi connectivity index (χ2v) is 5.58. The van der Waals surface area contributed by atoms with Gasteiger partial charge >= 0.3 is 12.1 Å². The molecule has 1 aromatic heterocycles. The lowest BCUT2D eigenvalue weighted by Crippen LogP contribution is -2.05. The predicted molar refractivity (Wildman–Crippen MR) is 88.9 cm³/mol. The Morgan fingerprint density at radius 3 is 2.52 bits per heavy atom. The Balaban J connectivity index is 2.28. The molecule has 0 bridgehead atoms. The van der Waals surface area contributed by atoms with Crippen LogP contribution < -0.4 is 0 Å². The molecular weight excluding hydrogens is 331 g/mol. The summed E-state index contributed by atoms with van der Waals surface area (Å²) in [4.78, 5) is 14.6. The van der Waals surface area contributed by atoms with E-state index in [-0.39, 0.29) is 6.42 Å². The van der Waals surface area contributed by atoms with Crippen LogP contribution in [0.3, 0.4) is 0 Å². The third-order valence-corrected chi connectivity index (χ3v) is 3.67. The Kier molecular flexibility index (Phi) is 6.33. The minimum absolute atomic E-state index is 0.0830. The molecule has 0 aliphatic heterocycles. The minimum Gasteiger partial charge on any atom is -0.481 e. The quantitative estimate of drug-likeness (QED) is 0.701. The number of hydrogen-bond acceptors (Lipinski definition) is 2. The molecular formula is C19H18F3NO2. The highest BCUT2D eigenvalue weighted by Crippen LogP contribution is 2.32. The number of rotatable bonds is 7. The van der Waals surface area contributed by atoms with Gasteiger partial charge in [0.2, 0.25) is 0 Å². The number of nitrogens with zero attached hydrogens (tertiary/aromatic N) is 1. The van der Waals surface area contributed by atoms with E-state index in [0.29, 0.717) is 30.4 Å². The van der Waals surface area contributed by atoms with E-state index >= 15 is 0 Å². The van der Waals surface area contributed by atoms with Crippen LogP contribution >= 0.6 is 0 Å². The van der Waals surface area contributed by atoms with E-state index in [9.17, 15) is 18.0 Å². The largest absolute Gasteiger partial charge is 0.481 e. The molecule has 1 aromatic carbocycles. The molecule has 2 rings (SSSR count). The summed E-state index contributed by atoms with van der Waals surface area (Å²) in [5.74, 6) is -0.852. The fourth-order valence-corrected chi connectivity index (χ4v) is 2.45. The van der Waals surface area contributed by atoms with E-state index in [1.807, 2.05) is 6.08 Å². The molecule has 0 saturated carbocycles. The Labute approximate surface area is 143 Å². The summed E-state index contributed by atoms with van der Waals surface area (Å²) in [6.07, 6.45) is 2.46. The third kappa shape index (κ3) is 5.74. The van der Waals surface area contributed by atoms with Gasteiger partial charge in [0.15, 0.2) is 0 Å². The lowest BCUT2D eigenvalue weighted by Gasteiger charge is -2.12. The standard InChI is InChI=1S/C19H18F3NO2/c20-19(21,22)16-8-4-6-14(12-16)17(15-7-5-11-23-13-15)9-2-1-3-10-18(24)25/h4-9,11-13H,1-3,10H2,(H,24,25)/b17-9+. The Morgan fingerprint density at radius 1 is 1.12 bits per heavy atom. The van der Waals surface area contributed by atoms with Gasteiger partial charge in [-0.3, -0.25) is 9.78 Å². The summed E-state index contributed by atoms with van der Waals surface area (Å²) in [5, 5.41) is 8.65. The molecule has 1 N–H and O–H groups in total. The Bertz CT molecular complexity index is 740. The number of aliphatic carboxylic acids is 1. The molecule has 0 fully saturated rings. The van der Waals surface area contributed by atoms with Crippen LogP contribution in [0, 0.1) is 0 Å². The maximum atomic E-state index is 13.0. The molecule has 6 heteroatoms. The van der Waals surface area contributed by atoms with Gasteiger partial charge in [-0.2, -0.15) is 13.2 Å². The third-order valence-electron chi connectivity index (χ3n) is 3.67. The first-order chi connectivity index (χ1) is 11.9. The SMILES string of the molecule is O=C(O)CCCC/C=C(/c1cccnc1)c1cccc(C(F)(F)F)c1. The highest BCUT2D eigenvalue weighted by Gasteiger charge is 2.30. The predicted octanol–water partition coefficient (Wildman–Crippen LogP) is 5.18. The minimum atomic E-state index is -4.41. The van der Waals surface area contributed by atoms with Crippen molar-refractivity contribution in [2.45, 2.75) is 31.9 Å². The van der Waals surface area contributed by atoms with Gasteiger partial charge in [-0.1, -0.05) is 24.3 Å². The van der Waals surface area contributed by atoms with Crippen LogP contribution in [0.25, 0.3) is 5.57 Å². The number of halogens is 3. The van der Waals surface area contributed by atoms with Crippen molar-refractivity contribution in [2.24, 2.45) is 0 Å². The number of allylic oxidation sites excluding steroid dienone is 1. The van der Waals surface area contributed by atoms with Crippen LogP contribution in [0.15, 0.2) is 54.9 Å². The zero-order valence-corrected chi connectivity index (χ0v) is 13.5. The molecule has 132 valence electrons. The maximum absolute atomic E-state index is 13.0. The van der Waals surface area contributed by atoms with Crippen molar-refractivity contribution >= 4 is 11.5 Å². The van der Waals surface area contributed by atoms with Crippen molar-refractivity contribution in [1.29, 1.82) is 0 Å². The molecule has 25 heavy (non-hydrogen) atoms. The Hall–Kier alpha value is -2.63. The summed E-state index contributed by atoms with van der Waals surface area (Å²) >= 11 is 0. The van der Waals surface area contributed by atoms with E-state index in [0.717, 1.165) is 17.7 Å². The first-order valence-electron chi connectivity index (χ1n) is 7.88. The molecule has 0 radical (unpaired) electrons. The smallest absolute Gasteiger partial charge is 0.416 e. The number of alkyl halides is 3. The average Bonchev–Trinajstić information content (AvgIpc) is 2.58. The number of carboxylic acid groups (broad SMARTS) is 1. The zero-order chi connectivity index (χ0) is 18.3. The summed E-state index contributed by atoms with van der Waals surface area (Å²) in [6, 6.07) is 8.68. The first kappa shape index (κ1) is 18.7. The number of unbranched alkanes of at least 4 members (excludes halogenated alkanes) is 2. The summed E-state index contributed by atoms with van der Waals surface area (Å²) in [5.41, 5.74) is 1.14. The number of carboxylic acids is 1. The Morgan fingerprint density at radius 2 is 1.88 bits per heavy atom. The van der Waals surface area contributed by atoms with Crippen LogP contribution in [0.1, 0.15) is 42.4 Å².